The Kier molecular flexibility index (Phi) is 11.5. The highest BCUT2D eigenvalue weighted by atomic mass is 14.8. The topological polar surface area (TPSA) is 12.0 Å². The molecule has 0 saturated carbocycles. The number of hydrogen-bond acceptors (Lipinski definition) is 1. The molecule has 1 heteroatoms. The molecule has 0 aromatic heterocycles. The van der Waals surface area contributed by atoms with E-state index >= 15 is 0 Å². The first kappa shape index (κ1) is 14.7. The largest absolute Gasteiger partial charge is 0.313 e. The van der Waals surface area contributed by atoms with Gasteiger partial charge < -0.3 is 5.32 Å². The molecule has 1 N–H and O–H groups in total. The highest BCUT2D eigenvalue weighted by Crippen LogP contribution is 2.04. The van der Waals surface area contributed by atoms with E-state index in [-0.39, 0.29) is 0 Å². The van der Waals surface area contributed by atoms with E-state index in [2.05, 4.69) is 32.2 Å². The third-order valence-electron chi connectivity index (χ3n) is 2.75. The van der Waals surface area contributed by atoms with E-state index in [1.807, 2.05) is 0 Å². The molecule has 0 aromatic rings. The molecule has 0 radical (unpaired) electrons. The zero-order chi connectivity index (χ0) is 11.4. The van der Waals surface area contributed by atoms with Crippen LogP contribution in [0.15, 0.2) is 11.6 Å². The summed E-state index contributed by atoms with van der Waals surface area (Å²) < 4.78 is 0. The van der Waals surface area contributed by atoms with Crippen molar-refractivity contribution in [2.75, 3.05) is 13.1 Å². The molecule has 0 aliphatic carbocycles. The second-order valence-corrected chi connectivity index (χ2v) is 4.24. The van der Waals surface area contributed by atoms with Crippen molar-refractivity contribution in [1.29, 1.82) is 0 Å². The Morgan fingerprint density at radius 3 is 2.33 bits per heavy atom. The van der Waals surface area contributed by atoms with Gasteiger partial charge in [-0.25, -0.2) is 0 Å². The average Bonchev–Trinajstić information content (AvgIpc) is 2.26. The highest BCUT2D eigenvalue weighted by Gasteiger charge is 1.93. The third kappa shape index (κ3) is 9.99. The summed E-state index contributed by atoms with van der Waals surface area (Å²) in [6.45, 7) is 9.04. The van der Waals surface area contributed by atoms with Crippen molar-refractivity contribution in [3.63, 3.8) is 0 Å². The van der Waals surface area contributed by atoms with E-state index in [9.17, 15) is 0 Å². The smallest absolute Gasteiger partial charge is 0.0164 e. The minimum Gasteiger partial charge on any atom is -0.313 e. The maximum absolute atomic E-state index is 3.53. The average molecular weight is 211 g/mol. The van der Waals surface area contributed by atoms with Crippen molar-refractivity contribution in [3.05, 3.63) is 11.6 Å². The van der Waals surface area contributed by atoms with E-state index < -0.39 is 0 Å². The van der Waals surface area contributed by atoms with Crippen LogP contribution in [0.1, 0.15) is 65.7 Å². The van der Waals surface area contributed by atoms with Gasteiger partial charge in [-0.15, -0.1) is 0 Å². The van der Waals surface area contributed by atoms with E-state index in [0.29, 0.717) is 0 Å². The van der Waals surface area contributed by atoms with Crippen molar-refractivity contribution in [2.45, 2.75) is 65.7 Å². The number of hydrogen-bond donors (Lipinski definition) is 1. The summed E-state index contributed by atoms with van der Waals surface area (Å²) in [6.07, 6.45) is 11.5. The number of allylic oxidation sites excluding steroid dienone is 1. The SMILES string of the molecule is CCCCC=C(CC)CNCCCCC. The quantitative estimate of drug-likeness (QED) is 0.420. The van der Waals surface area contributed by atoms with Gasteiger partial charge in [0, 0.05) is 6.54 Å². The first-order valence-corrected chi connectivity index (χ1v) is 6.73. The first-order chi connectivity index (χ1) is 7.35. The van der Waals surface area contributed by atoms with Gasteiger partial charge in [0.15, 0.2) is 0 Å². The van der Waals surface area contributed by atoms with Gasteiger partial charge >= 0.3 is 0 Å². The molecule has 0 rings (SSSR count). The summed E-state index contributed by atoms with van der Waals surface area (Å²) >= 11 is 0. The molecule has 0 aliphatic rings. The van der Waals surface area contributed by atoms with Crippen LogP contribution < -0.4 is 5.32 Å². The second-order valence-electron chi connectivity index (χ2n) is 4.24. The van der Waals surface area contributed by atoms with Crippen LogP contribution in [0.2, 0.25) is 0 Å². The maximum atomic E-state index is 3.53. The predicted molar refractivity (Wildman–Crippen MR) is 70.3 cm³/mol. The lowest BCUT2D eigenvalue weighted by atomic mass is 10.1. The summed E-state index contributed by atoms with van der Waals surface area (Å²) in [5.74, 6) is 0. The van der Waals surface area contributed by atoms with Crippen LogP contribution in [0.4, 0.5) is 0 Å². The van der Waals surface area contributed by atoms with Crippen LogP contribution in [-0.4, -0.2) is 13.1 Å². The molecule has 0 fully saturated rings. The molecule has 0 saturated heterocycles. The minimum absolute atomic E-state index is 1.10. The summed E-state index contributed by atoms with van der Waals surface area (Å²) in [5, 5.41) is 3.53. The van der Waals surface area contributed by atoms with Gasteiger partial charge in [0.1, 0.15) is 0 Å². The Morgan fingerprint density at radius 1 is 1.00 bits per heavy atom. The van der Waals surface area contributed by atoms with Crippen molar-refractivity contribution in [2.24, 2.45) is 0 Å². The Labute approximate surface area is 96.3 Å². The third-order valence-corrected chi connectivity index (χ3v) is 2.75. The Bertz CT molecular complexity index is 149. The molecular weight excluding hydrogens is 182 g/mol. The molecule has 0 bridgehead atoms. The van der Waals surface area contributed by atoms with Gasteiger partial charge in [0.05, 0.1) is 0 Å². The minimum atomic E-state index is 1.10. The van der Waals surface area contributed by atoms with Crippen LogP contribution >= 0.6 is 0 Å². The predicted octanol–water partition coefficient (Wildman–Crippen LogP) is 4.29. The normalized spacial score (nSPS) is 12.1. The van der Waals surface area contributed by atoms with E-state index in [1.165, 1.54) is 51.5 Å². The van der Waals surface area contributed by atoms with Crippen molar-refractivity contribution >= 4 is 0 Å². The van der Waals surface area contributed by atoms with Crippen molar-refractivity contribution in [3.8, 4) is 0 Å². The van der Waals surface area contributed by atoms with Gasteiger partial charge in [-0.2, -0.15) is 0 Å². The molecule has 0 heterocycles. The molecule has 0 atom stereocenters. The Morgan fingerprint density at radius 2 is 1.73 bits per heavy atom. The highest BCUT2D eigenvalue weighted by molar-refractivity contribution is 5.03. The van der Waals surface area contributed by atoms with E-state index in [0.717, 1.165) is 6.54 Å². The lowest BCUT2D eigenvalue weighted by Gasteiger charge is -2.07. The van der Waals surface area contributed by atoms with Gasteiger partial charge in [-0.3, -0.25) is 0 Å². The lowest BCUT2D eigenvalue weighted by molar-refractivity contribution is 0.633. The fourth-order valence-electron chi connectivity index (χ4n) is 1.60. The van der Waals surface area contributed by atoms with Gasteiger partial charge in [0.2, 0.25) is 0 Å². The monoisotopic (exact) mass is 211 g/mol. The molecule has 0 aliphatic heterocycles. The molecule has 1 nitrogen and oxygen atoms in total. The standard InChI is InChI=1S/C14H29N/c1-4-7-9-11-14(6-3)13-15-12-10-8-5-2/h11,15H,4-10,12-13H2,1-3H3. The molecule has 0 unspecified atom stereocenters. The number of nitrogens with one attached hydrogen (secondary N) is 1. The first-order valence-electron chi connectivity index (χ1n) is 6.73. The number of rotatable bonds is 10. The van der Waals surface area contributed by atoms with E-state index in [1.54, 1.807) is 5.57 Å². The molecular formula is C14H29N. The van der Waals surface area contributed by atoms with Crippen molar-refractivity contribution in [1.82, 2.24) is 5.32 Å². The summed E-state index contributed by atoms with van der Waals surface area (Å²) in [6, 6.07) is 0. The molecule has 0 aromatic carbocycles. The van der Waals surface area contributed by atoms with Crippen LogP contribution in [0.5, 0.6) is 0 Å². The lowest BCUT2D eigenvalue weighted by Crippen LogP contribution is -2.18. The van der Waals surface area contributed by atoms with Gasteiger partial charge in [0.25, 0.3) is 0 Å². The van der Waals surface area contributed by atoms with Gasteiger partial charge in [-0.1, -0.05) is 58.1 Å². The maximum Gasteiger partial charge on any atom is 0.0164 e. The molecule has 0 amide bonds. The molecule has 0 spiro atoms. The van der Waals surface area contributed by atoms with Crippen LogP contribution in [0.3, 0.4) is 0 Å². The summed E-state index contributed by atoms with van der Waals surface area (Å²) in [4.78, 5) is 0. The van der Waals surface area contributed by atoms with E-state index in [4.69, 9.17) is 0 Å². The molecule has 15 heavy (non-hydrogen) atoms. The summed E-state index contributed by atoms with van der Waals surface area (Å²) in [5.41, 5.74) is 1.58. The Balaban J connectivity index is 3.47. The zero-order valence-electron chi connectivity index (χ0n) is 10.9. The molecule has 90 valence electrons. The fraction of sp³-hybridized carbons (Fsp3) is 0.857. The van der Waals surface area contributed by atoms with Crippen LogP contribution in [0, 0.1) is 0 Å². The van der Waals surface area contributed by atoms with Crippen LogP contribution in [0.25, 0.3) is 0 Å². The van der Waals surface area contributed by atoms with Gasteiger partial charge in [-0.05, 0) is 25.8 Å². The second kappa shape index (κ2) is 11.8. The summed E-state index contributed by atoms with van der Waals surface area (Å²) in [7, 11) is 0. The number of unbranched alkanes of at least 4 members (excludes halogenated alkanes) is 4. The van der Waals surface area contributed by atoms with Crippen LogP contribution in [-0.2, 0) is 0 Å². The fourth-order valence-corrected chi connectivity index (χ4v) is 1.60. The van der Waals surface area contributed by atoms with Crippen molar-refractivity contribution < 1.29 is 0 Å². The zero-order valence-corrected chi connectivity index (χ0v) is 10.9. The Hall–Kier alpha value is -0.300.